The second-order valence-electron chi connectivity index (χ2n) is 3.16. The van der Waals surface area contributed by atoms with Gasteiger partial charge in [0.2, 0.25) is 0 Å². The third kappa shape index (κ3) is 4.56. The summed E-state index contributed by atoms with van der Waals surface area (Å²) in [6.07, 6.45) is 1.66. The fraction of sp³-hybridized carbons (Fsp3) is 0.571. The van der Waals surface area contributed by atoms with Crippen molar-refractivity contribution in [2.75, 3.05) is 0 Å². The van der Waals surface area contributed by atoms with Crippen molar-refractivity contribution in [1.29, 1.82) is 0 Å². The van der Waals surface area contributed by atoms with Gasteiger partial charge in [-0.05, 0) is 21.3 Å². The molecule has 0 amide bonds. The Bertz CT molecular complexity index is 165. The number of rotatable bonds is 1. The molecule has 2 nitrogen and oxygen atoms in total. The number of carbonyl (C=O) groups is 1. The molecule has 0 aromatic carbocycles. The summed E-state index contributed by atoms with van der Waals surface area (Å²) in [5.41, 5.74) is -0.0861. The first-order valence-corrected chi connectivity index (χ1v) is 3.74. The molecule has 1 N–H and O–H groups in total. The van der Waals surface area contributed by atoms with E-state index >= 15 is 0 Å². The standard InChI is InChI=1S/C7H11BrO2/c1-7(2,3)4-5(8)6(9)10/h4H,1-3H3,(H,9,10)/b5-4-. The molecule has 3 heteroatoms. The minimum absolute atomic E-state index is 0.0861. The molecule has 0 saturated heterocycles. The summed E-state index contributed by atoms with van der Waals surface area (Å²) in [6, 6.07) is 0. The van der Waals surface area contributed by atoms with Crippen LogP contribution in [0.5, 0.6) is 0 Å². The summed E-state index contributed by atoms with van der Waals surface area (Å²) in [4.78, 5) is 10.3. The van der Waals surface area contributed by atoms with Crippen molar-refractivity contribution in [3.63, 3.8) is 0 Å². The lowest BCUT2D eigenvalue weighted by atomic mass is 9.96. The summed E-state index contributed by atoms with van der Waals surface area (Å²) in [6.45, 7) is 5.82. The zero-order valence-electron chi connectivity index (χ0n) is 6.31. The topological polar surface area (TPSA) is 37.3 Å². The van der Waals surface area contributed by atoms with Crippen molar-refractivity contribution in [2.45, 2.75) is 20.8 Å². The number of carboxylic acid groups (broad SMARTS) is 1. The second-order valence-corrected chi connectivity index (χ2v) is 4.02. The summed E-state index contributed by atoms with van der Waals surface area (Å²) >= 11 is 2.94. The van der Waals surface area contributed by atoms with Gasteiger partial charge in [0.15, 0.2) is 0 Å². The zero-order valence-corrected chi connectivity index (χ0v) is 7.90. The van der Waals surface area contributed by atoms with E-state index in [0.29, 0.717) is 0 Å². The molecule has 0 fully saturated rings. The maximum atomic E-state index is 10.3. The molecule has 58 valence electrons. The van der Waals surface area contributed by atoms with Crippen LogP contribution >= 0.6 is 15.9 Å². The fourth-order valence-electron chi connectivity index (χ4n) is 0.442. The molecule has 0 aromatic rings. The highest BCUT2D eigenvalue weighted by Crippen LogP contribution is 2.20. The van der Waals surface area contributed by atoms with Gasteiger partial charge in [-0.15, -0.1) is 0 Å². The molecule has 0 heterocycles. The van der Waals surface area contributed by atoms with Gasteiger partial charge in [0.1, 0.15) is 0 Å². The van der Waals surface area contributed by atoms with Crippen molar-refractivity contribution in [2.24, 2.45) is 5.41 Å². The van der Waals surface area contributed by atoms with Gasteiger partial charge < -0.3 is 5.11 Å². The summed E-state index contributed by atoms with van der Waals surface area (Å²) in [5.74, 6) is -0.921. The van der Waals surface area contributed by atoms with Gasteiger partial charge in [-0.1, -0.05) is 26.8 Å². The highest BCUT2D eigenvalue weighted by Gasteiger charge is 2.10. The van der Waals surface area contributed by atoms with Crippen molar-refractivity contribution >= 4 is 21.9 Å². The van der Waals surface area contributed by atoms with Crippen LogP contribution in [0.3, 0.4) is 0 Å². The molecular formula is C7H11BrO2. The Hall–Kier alpha value is -0.310. The molecule has 0 radical (unpaired) electrons. The molecular weight excluding hydrogens is 196 g/mol. The van der Waals surface area contributed by atoms with Gasteiger partial charge in [0.05, 0.1) is 4.48 Å². The Morgan fingerprint density at radius 2 is 1.90 bits per heavy atom. The molecule has 0 aliphatic carbocycles. The lowest BCUT2D eigenvalue weighted by molar-refractivity contribution is -0.131. The fourth-order valence-corrected chi connectivity index (χ4v) is 1.13. The number of allylic oxidation sites excluding steroid dienone is 1. The minimum atomic E-state index is -0.921. The lowest BCUT2D eigenvalue weighted by Gasteiger charge is -2.11. The van der Waals surface area contributed by atoms with Crippen molar-refractivity contribution in [3.8, 4) is 0 Å². The molecule has 0 spiro atoms. The Morgan fingerprint density at radius 1 is 1.50 bits per heavy atom. The summed E-state index contributed by atoms with van der Waals surface area (Å²) < 4.78 is 0.222. The van der Waals surface area contributed by atoms with Crippen LogP contribution in [0.2, 0.25) is 0 Å². The molecule has 0 aliphatic heterocycles. The number of carboxylic acids is 1. The van der Waals surface area contributed by atoms with E-state index in [1.54, 1.807) is 6.08 Å². The normalized spacial score (nSPS) is 13.4. The van der Waals surface area contributed by atoms with Crippen LogP contribution in [0.1, 0.15) is 20.8 Å². The van der Waals surface area contributed by atoms with Crippen LogP contribution in [-0.2, 0) is 4.79 Å². The molecule has 0 unspecified atom stereocenters. The van der Waals surface area contributed by atoms with E-state index in [0.717, 1.165) is 0 Å². The van der Waals surface area contributed by atoms with E-state index in [9.17, 15) is 4.79 Å². The van der Waals surface area contributed by atoms with Crippen LogP contribution in [-0.4, -0.2) is 11.1 Å². The van der Waals surface area contributed by atoms with Crippen LogP contribution in [0.25, 0.3) is 0 Å². The van der Waals surface area contributed by atoms with E-state index in [-0.39, 0.29) is 9.90 Å². The zero-order chi connectivity index (χ0) is 8.36. The largest absolute Gasteiger partial charge is 0.477 e. The van der Waals surface area contributed by atoms with Crippen molar-refractivity contribution < 1.29 is 9.90 Å². The van der Waals surface area contributed by atoms with Crippen molar-refractivity contribution in [3.05, 3.63) is 10.6 Å². The number of halogens is 1. The smallest absolute Gasteiger partial charge is 0.342 e. The van der Waals surface area contributed by atoms with Gasteiger partial charge in [-0.2, -0.15) is 0 Å². The van der Waals surface area contributed by atoms with Crippen LogP contribution < -0.4 is 0 Å². The summed E-state index contributed by atoms with van der Waals surface area (Å²) in [5, 5.41) is 8.43. The molecule has 10 heavy (non-hydrogen) atoms. The Morgan fingerprint density at radius 3 is 2.00 bits per heavy atom. The highest BCUT2D eigenvalue weighted by atomic mass is 79.9. The average Bonchev–Trinajstić information content (AvgIpc) is 1.60. The molecule has 0 saturated carbocycles. The van der Waals surface area contributed by atoms with Gasteiger partial charge in [0, 0.05) is 0 Å². The lowest BCUT2D eigenvalue weighted by Crippen LogP contribution is -2.03. The maximum Gasteiger partial charge on any atom is 0.342 e. The molecule has 0 aromatic heterocycles. The Labute approximate surface area is 69.1 Å². The molecule has 0 rings (SSSR count). The Balaban J connectivity index is 4.32. The Kier molecular flexibility index (Phi) is 3.09. The number of hydrogen-bond acceptors (Lipinski definition) is 1. The average molecular weight is 207 g/mol. The van der Waals surface area contributed by atoms with E-state index in [1.807, 2.05) is 20.8 Å². The highest BCUT2D eigenvalue weighted by molar-refractivity contribution is 9.12. The van der Waals surface area contributed by atoms with Crippen LogP contribution in [0.15, 0.2) is 10.6 Å². The quantitative estimate of drug-likeness (QED) is 0.670. The van der Waals surface area contributed by atoms with Gasteiger partial charge in [0.25, 0.3) is 0 Å². The molecule has 0 bridgehead atoms. The van der Waals surface area contributed by atoms with E-state index in [4.69, 9.17) is 5.11 Å². The van der Waals surface area contributed by atoms with E-state index in [1.165, 1.54) is 0 Å². The predicted octanol–water partition coefficient (Wildman–Crippen LogP) is 2.40. The van der Waals surface area contributed by atoms with Gasteiger partial charge in [-0.3, -0.25) is 0 Å². The number of hydrogen-bond donors (Lipinski definition) is 1. The van der Waals surface area contributed by atoms with E-state index in [2.05, 4.69) is 15.9 Å². The first-order chi connectivity index (χ1) is 4.33. The van der Waals surface area contributed by atoms with Crippen LogP contribution in [0.4, 0.5) is 0 Å². The minimum Gasteiger partial charge on any atom is -0.477 e. The SMILES string of the molecule is CC(C)(C)/C=C(\Br)C(=O)O. The van der Waals surface area contributed by atoms with Gasteiger partial charge in [-0.25, -0.2) is 4.79 Å². The monoisotopic (exact) mass is 206 g/mol. The molecule has 0 aliphatic rings. The first kappa shape index (κ1) is 9.69. The van der Waals surface area contributed by atoms with E-state index < -0.39 is 5.97 Å². The third-order valence-electron chi connectivity index (χ3n) is 0.764. The molecule has 0 atom stereocenters. The van der Waals surface area contributed by atoms with Gasteiger partial charge >= 0.3 is 5.97 Å². The predicted molar refractivity (Wildman–Crippen MR) is 44.1 cm³/mol. The third-order valence-corrected chi connectivity index (χ3v) is 1.33. The maximum absolute atomic E-state index is 10.3. The van der Waals surface area contributed by atoms with Crippen LogP contribution in [0, 0.1) is 5.41 Å². The first-order valence-electron chi connectivity index (χ1n) is 2.94. The van der Waals surface area contributed by atoms with Crippen molar-refractivity contribution in [1.82, 2.24) is 0 Å². The second kappa shape index (κ2) is 3.19. The summed E-state index contributed by atoms with van der Waals surface area (Å²) in [7, 11) is 0. The number of aliphatic carboxylic acids is 1.